The van der Waals surface area contributed by atoms with Crippen molar-refractivity contribution in [2.45, 2.75) is 6.42 Å². The van der Waals surface area contributed by atoms with Crippen molar-refractivity contribution >= 4 is 5.91 Å². The number of carbonyl (C=O) groups is 1. The fraction of sp³-hybridized carbons (Fsp3) is 0.222. The van der Waals surface area contributed by atoms with Crippen LogP contribution in [0.3, 0.4) is 0 Å². The third-order valence-corrected chi connectivity index (χ3v) is 1.02. The number of nitrogens with two attached hydrogens (primary N) is 1. The van der Waals surface area contributed by atoms with E-state index < -0.39 is 5.91 Å². The maximum Gasteiger partial charge on any atom is 0.219 e. The van der Waals surface area contributed by atoms with Crippen LogP contribution < -0.4 is 5.73 Å². The highest BCUT2D eigenvalue weighted by atomic mass is 16.3. The molecule has 1 amide bonds. The molecule has 0 fully saturated rings. The number of benzene rings is 1. The van der Waals surface area contributed by atoms with Crippen molar-refractivity contribution in [2.24, 2.45) is 5.73 Å². The predicted octanol–water partition coefficient (Wildman–Crippen LogP) is 0.541. The standard InChI is InChI=1S/C6H6.C3H7NO2/c1-2-4-6-5-3-1;4-3(6)1-2-5/h1-6H;5H,1-2H2,(H2,4,6). The largest absolute Gasteiger partial charge is 0.396 e. The van der Waals surface area contributed by atoms with Gasteiger partial charge in [-0.25, -0.2) is 0 Å². The predicted molar refractivity (Wildman–Crippen MR) is 47.3 cm³/mol. The van der Waals surface area contributed by atoms with Crippen LogP contribution in [0.25, 0.3) is 0 Å². The van der Waals surface area contributed by atoms with Crippen molar-refractivity contribution in [1.82, 2.24) is 0 Å². The van der Waals surface area contributed by atoms with Crippen LogP contribution in [0.4, 0.5) is 0 Å². The van der Waals surface area contributed by atoms with Gasteiger partial charge in [0, 0.05) is 6.42 Å². The Bertz CT molecular complexity index is 172. The molecule has 0 spiro atoms. The summed E-state index contributed by atoms with van der Waals surface area (Å²) in [5, 5.41) is 7.94. The number of carbonyl (C=O) groups excluding carboxylic acids is 1. The van der Waals surface area contributed by atoms with Gasteiger partial charge in [-0.2, -0.15) is 0 Å². The summed E-state index contributed by atoms with van der Waals surface area (Å²) in [7, 11) is 0. The van der Waals surface area contributed by atoms with E-state index in [1.807, 2.05) is 36.4 Å². The van der Waals surface area contributed by atoms with Crippen LogP contribution in [-0.4, -0.2) is 17.6 Å². The SMILES string of the molecule is NC(=O)CCO.c1ccccc1. The third kappa shape index (κ3) is 8.65. The molecule has 0 unspecified atom stereocenters. The minimum absolute atomic E-state index is 0.0694. The lowest BCUT2D eigenvalue weighted by atomic mass is 10.4. The number of amides is 1. The van der Waals surface area contributed by atoms with Gasteiger partial charge in [-0.3, -0.25) is 4.79 Å². The summed E-state index contributed by atoms with van der Waals surface area (Å²) >= 11 is 0. The van der Waals surface area contributed by atoms with E-state index in [0.29, 0.717) is 0 Å². The van der Waals surface area contributed by atoms with E-state index in [1.54, 1.807) is 0 Å². The molecule has 0 aliphatic carbocycles. The Kier molecular flexibility index (Phi) is 6.88. The van der Waals surface area contributed by atoms with Crippen molar-refractivity contribution in [1.29, 1.82) is 0 Å². The lowest BCUT2D eigenvalue weighted by molar-refractivity contribution is -0.118. The third-order valence-electron chi connectivity index (χ3n) is 1.02. The lowest BCUT2D eigenvalue weighted by Crippen LogP contribution is -2.11. The van der Waals surface area contributed by atoms with Crippen LogP contribution in [0.2, 0.25) is 0 Å². The average molecular weight is 167 g/mol. The number of aliphatic hydroxyl groups is 1. The maximum atomic E-state index is 9.66. The molecule has 0 aromatic heterocycles. The summed E-state index contributed by atoms with van der Waals surface area (Å²) < 4.78 is 0. The van der Waals surface area contributed by atoms with E-state index in [2.05, 4.69) is 5.73 Å². The first-order valence-corrected chi connectivity index (χ1v) is 3.66. The molecule has 0 radical (unpaired) electrons. The molecule has 0 bridgehead atoms. The molecule has 0 aliphatic heterocycles. The van der Waals surface area contributed by atoms with Crippen molar-refractivity contribution in [2.75, 3.05) is 6.61 Å². The van der Waals surface area contributed by atoms with Crippen LogP contribution in [-0.2, 0) is 4.79 Å². The monoisotopic (exact) mass is 167 g/mol. The first-order valence-electron chi connectivity index (χ1n) is 3.66. The van der Waals surface area contributed by atoms with Gasteiger partial charge >= 0.3 is 0 Å². The van der Waals surface area contributed by atoms with E-state index >= 15 is 0 Å². The van der Waals surface area contributed by atoms with Gasteiger partial charge in [0.25, 0.3) is 0 Å². The fourth-order valence-corrected chi connectivity index (χ4v) is 0.495. The normalized spacial score (nSPS) is 8.08. The number of hydrogen-bond acceptors (Lipinski definition) is 2. The van der Waals surface area contributed by atoms with Crippen LogP contribution in [0.1, 0.15) is 6.42 Å². The van der Waals surface area contributed by atoms with E-state index in [-0.39, 0.29) is 13.0 Å². The molecule has 3 heteroatoms. The highest BCUT2D eigenvalue weighted by Gasteiger charge is 1.85. The molecule has 0 heterocycles. The maximum absolute atomic E-state index is 9.66. The average Bonchev–Trinajstić information content (AvgIpc) is 2.08. The lowest BCUT2D eigenvalue weighted by Gasteiger charge is -1.81. The summed E-state index contributed by atoms with van der Waals surface area (Å²) in [6.07, 6.45) is 0.0694. The zero-order valence-corrected chi connectivity index (χ0v) is 6.81. The molecule has 3 nitrogen and oxygen atoms in total. The van der Waals surface area contributed by atoms with Crippen LogP contribution in [0, 0.1) is 0 Å². The molecule has 12 heavy (non-hydrogen) atoms. The number of aliphatic hydroxyl groups excluding tert-OH is 1. The topological polar surface area (TPSA) is 63.3 Å². The second-order valence-corrected chi connectivity index (χ2v) is 2.09. The highest BCUT2D eigenvalue weighted by molar-refractivity contribution is 5.73. The molecule has 0 saturated heterocycles. The van der Waals surface area contributed by atoms with Gasteiger partial charge in [0.05, 0.1) is 6.61 Å². The molecule has 1 aromatic carbocycles. The first-order chi connectivity index (χ1) is 5.77. The molecule has 66 valence electrons. The van der Waals surface area contributed by atoms with Gasteiger partial charge in [0.15, 0.2) is 0 Å². The zero-order chi connectivity index (χ0) is 9.23. The highest BCUT2D eigenvalue weighted by Crippen LogP contribution is 1.79. The van der Waals surface area contributed by atoms with Gasteiger partial charge in [-0.05, 0) is 0 Å². The number of primary amides is 1. The van der Waals surface area contributed by atoms with Gasteiger partial charge in [0.1, 0.15) is 0 Å². The van der Waals surface area contributed by atoms with Gasteiger partial charge < -0.3 is 10.8 Å². The summed E-state index contributed by atoms with van der Waals surface area (Å²) in [5.41, 5.74) is 4.60. The molecule has 0 aliphatic rings. The molecule has 1 rings (SSSR count). The second kappa shape index (κ2) is 7.75. The minimum atomic E-state index is -0.461. The van der Waals surface area contributed by atoms with E-state index in [4.69, 9.17) is 5.11 Å². The van der Waals surface area contributed by atoms with Gasteiger partial charge in [-0.15, -0.1) is 0 Å². The molecular weight excluding hydrogens is 154 g/mol. The van der Waals surface area contributed by atoms with Gasteiger partial charge in [0.2, 0.25) is 5.91 Å². The van der Waals surface area contributed by atoms with Crippen molar-refractivity contribution in [3.8, 4) is 0 Å². The Morgan fingerprint density at radius 3 is 1.50 bits per heavy atom. The fourth-order valence-electron chi connectivity index (χ4n) is 0.495. The summed E-state index contributed by atoms with van der Waals surface area (Å²) in [6.45, 7) is -0.144. The minimum Gasteiger partial charge on any atom is -0.396 e. The van der Waals surface area contributed by atoms with Gasteiger partial charge in [-0.1, -0.05) is 36.4 Å². The second-order valence-electron chi connectivity index (χ2n) is 2.09. The molecule has 1 aromatic rings. The molecule has 0 atom stereocenters. The Morgan fingerprint density at radius 2 is 1.42 bits per heavy atom. The quantitative estimate of drug-likeness (QED) is 0.675. The summed E-state index contributed by atoms with van der Waals surface area (Å²) in [6, 6.07) is 12.0. The van der Waals surface area contributed by atoms with Crippen molar-refractivity contribution in [3.63, 3.8) is 0 Å². The smallest absolute Gasteiger partial charge is 0.219 e. The first kappa shape index (κ1) is 10.7. The van der Waals surface area contributed by atoms with Crippen LogP contribution in [0.15, 0.2) is 36.4 Å². The Labute approximate surface area is 71.8 Å². The summed E-state index contributed by atoms with van der Waals surface area (Å²) in [4.78, 5) is 9.66. The van der Waals surface area contributed by atoms with E-state index in [9.17, 15) is 4.79 Å². The molecule has 3 N–H and O–H groups in total. The number of hydrogen-bond donors (Lipinski definition) is 2. The molecule has 0 saturated carbocycles. The van der Waals surface area contributed by atoms with Crippen LogP contribution >= 0.6 is 0 Å². The summed E-state index contributed by atoms with van der Waals surface area (Å²) in [5.74, 6) is -0.461. The Hall–Kier alpha value is -1.35. The molecular formula is C9H13NO2. The Balaban J connectivity index is 0.000000202. The van der Waals surface area contributed by atoms with E-state index in [0.717, 1.165) is 0 Å². The van der Waals surface area contributed by atoms with E-state index in [1.165, 1.54) is 0 Å². The zero-order valence-electron chi connectivity index (χ0n) is 6.81. The van der Waals surface area contributed by atoms with Crippen molar-refractivity contribution in [3.05, 3.63) is 36.4 Å². The Morgan fingerprint density at radius 1 is 1.08 bits per heavy atom. The van der Waals surface area contributed by atoms with Crippen LogP contribution in [0.5, 0.6) is 0 Å². The van der Waals surface area contributed by atoms with Crippen molar-refractivity contribution < 1.29 is 9.90 Å². The number of rotatable bonds is 2.